The Kier molecular flexibility index (Phi) is 4.47. The number of aryl methyl sites for hydroxylation is 1. The van der Waals surface area contributed by atoms with E-state index in [1.54, 1.807) is 0 Å². The monoisotopic (exact) mass is 338 g/mol. The van der Waals surface area contributed by atoms with Crippen molar-refractivity contribution in [3.8, 4) is 0 Å². The Bertz CT molecular complexity index is 754. The number of hydrogen-bond acceptors (Lipinski definition) is 3. The minimum Gasteiger partial charge on any atom is -0.370 e. The second kappa shape index (κ2) is 6.90. The molecule has 1 fully saturated rings. The zero-order valence-electron chi connectivity index (χ0n) is 14.9. The molecule has 1 atom stereocenters. The molecule has 132 valence electrons. The van der Waals surface area contributed by atoms with Crippen LogP contribution >= 0.6 is 0 Å². The van der Waals surface area contributed by atoms with Crippen molar-refractivity contribution in [2.24, 2.45) is 0 Å². The molecule has 3 heterocycles. The van der Waals surface area contributed by atoms with Gasteiger partial charge in [-0.15, -0.1) is 0 Å². The van der Waals surface area contributed by atoms with Gasteiger partial charge in [-0.1, -0.05) is 18.2 Å². The number of para-hydroxylation sites is 1. The van der Waals surface area contributed by atoms with Crippen LogP contribution in [0, 0.1) is 6.92 Å². The fraction of sp³-hybridized carbons (Fsp3) is 0.500. The van der Waals surface area contributed by atoms with E-state index in [0.717, 1.165) is 57.0 Å². The third-order valence-corrected chi connectivity index (χ3v) is 5.46. The maximum atomic E-state index is 12.7. The van der Waals surface area contributed by atoms with Crippen LogP contribution in [-0.2, 0) is 11.2 Å². The number of carbonyl (C=O) groups excluding carboxylic acids is 1. The van der Waals surface area contributed by atoms with Crippen LogP contribution in [0.1, 0.15) is 42.3 Å². The molecule has 0 saturated carbocycles. The SMILES string of the molecule is Cc1cnc([C@H]2CCCN(C(=O)CCN3CCc4ccccc43)C2)[nH]1. The standard InChI is InChI=1S/C20H26N4O/c1-15-13-21-20(22-15)17-6-4-10-24(14-17)19(25)9-12-23-11-8-16-5-2-3-7-18(16)23/h2-3,5,7,13,17H,4,6,8-12,14H2,1H3,(H,21,22)/t17-/m0/s1. The summed E-state index contributed by atoms with van der Waals surface area (Å²) >= 11 is 0. The average molecular weight is 338 g/mol. The van der Waals surface area contributed by atoms with Gasteiger partial charge in [-0.3, -0.25) is 4.79 Å². The van der Waals surface area contributed by atoms with E-state index >= 15 is 0 Å². The van der Waals surface area contributed by atoms with E-state index in [0.29, 0.717) is 12.3 Å². The van der Waals surface area contributed by atoms with E-state index in [1.807, 2.05) is 18.0 Å². The summed E-state index contributed by atoms with van der Waals surface area (Å²) < 4.78 is 0. The number of anilines is 1. The predicted octanol–water partition coefficient (Wildman–Crippen LogP) is 2.88. The number of nitrogens with one attached hydrogen (secondary N) is 1. The first-order valence-electron chi connectivity index (χ1n) is 9.33. The molecular formula is C20H26N4O. The summed E-state index contributed by atoms with van der Waals surface area (Å²) in [4.78, 5) is 24.9. The van der Waals surface area contributed by atoms with Gasteiger partial charge in [0.1, 0.15) is 5.82 Å². The molecule has 0 aliphatic carbocycles. The number of H-pyrrole nitrogens is 1. The summed E-state index contributed by atoms with van der Waals surface area (Å²) in [6.45, 7) is 5.54. The maximum absolute atomic E-state index is 12.7. The lowest BCUT2D eigenvalue weighted by atomic mass is 9.97. The molecule has 1 N–H and O–H groups in total. The fourth-order valence-corrected chi connectivity index (χ4v) is 4.09. The molecule has 2 aliphatic heterocycles. The van der Waals surface area contributed by atoms with Crippen LogP contribution in [0.2, 0.25) is 0 Å². The fourth-order valence-electron chi connectivity index (χ4n) is 4.09. The maximum Gasteiger partial charge on any atom is 0.224 e. The molecule has 5 heteroatoms. The molecule has 1 aromatic heterocycles. The molecule has 0 unspecified atom stereocenters. The van der Waals surface area contributed by atoms with Crippen LogP contribution in [0.3, 0.4) is 0 Å². The molecule has 5 nitrogen and oxygen atoms in total. The Labute approximate surface area is 149 Å². The average Bonchev–Trinajstić information content (AvgIpc) is 3.26. The topological polar surface area (TPSA) is 52.2 Å². The summed E-state index contributed by atoms with van der Waals surface area (Å²) in [5.74, 6) is 1.65. The number of nitrogens with zero attached hydrogens (tertiary/aromatic N) is 3. The highest BCUT2D eigenvalue weighted by atomic mass is 16.2. The Morgan fingerprint density at radius 1 is 1.32 bits per heavy atom. The third kappa shape index (κ3) is 3.41. The largest absolute Gasteiger partial charge is 0.370 e. The lowest BCUT2D eigenvalue weighted by Gasteiger charge is -2.32. The van der Waals surface area contributed by atoms with Gasteiger partial charge in [-0.25, -0.2) is 4.98 Å². The molecule has 0 radical (unpaired) electrons. The number of benzene rings is 1. The van der Waals surface area contributed by atoms with E-state index < -0.39 is 0 Å². The quantitative estimate of drug-likeness (QED) is 0.933. The second-order valence-corrected chi connectivity index (χ2v) is 7.25. The number of amides is 1. The van der Waals surface area contributed by atoms with Crippen LogP contribution in [0.4, 0.5) is 5.69 Å². The first kappa shape index (κ1) is 16.2. The van der Waals surface area contributed by atoms with Gasteiger partial charge in [0.05, 0.1) is 0 Å². The minimum atomic E-state index is 0.275. The Balaban J connectivity index is 1.34. The number of carbonyl (C=O) groups is 1. The molecule has 1 aromatic carbocycles. The number of aromatic nitrogens is 2. The number of fused-ring (bicyclic) bond motifs is 1. The van der Waals surface area contributed by atoms with Crippen LogP contribution < -0.4 is 4.90 Å². The van der Waals surface area contributed by atoms with Crippen molar-refractivity contribution in [3.05, 3.63) is 47.5 Å². The van der Waals surface area contributed by atoms with Crippen molar-refractivity contribution < 1.29 is 4.79 Å². The molecule has 4 rings (SSSR count). The smallest absolute Gasteiger partial charge is 0.224 e. The number of piperidine rings is 1. The van der Waals surface area contributed by atoms with Crippen molar-refractivity contribution in [1.82, 2.24) is 14.9 Å². The second-order valence-electron chi connectivity index (χ2n) is 7.25. The van der Waals surface area contributed by atoms with Crippen LogP contribution in [-0.4, -0.2) is 47.0 Å². The van der Waals surface area contributed by atoms with E-state index in [-0.39, 0.29) is 5.91 Å². The van der Waals surface area contributed by atoms with Crippen molar-refractivity contribution >= 4 is 11.6 Å². The highest BCUT2D eigenvalue weighted by Crippen LogP contribution is 2.28. The highest BCUT2D eigenvalue weighted by molar-refractivity contribution is 5.77. The zero-order valence-corrected chi connectivity index (χ0v) is 14.9. The molecule has 1 amide bonds. The van der Waals surface area contributed by atoms with Crippen molar-refractivity contribution in [2.75, 3.05) is 31.1 Å². The minimum absolute atomic E-state index is 0.275. The van der Waals surface area contributed by atoms with Crippen molar-refractivity contribution in [3.63, 3.8) is 0 Å². The lowest BCUT2D eigenvalue weighted by molar-refractivity contribution is -0.132. The van der Waals surface area contributed by atoms with Gasteiger partial charge in [0, 0.05) is 56.1 Å². The molecule has 2 aromatic rings. The molecule has 25 heavy (non-hydrogen) atoms. The molecule has 2 aliphatic rings. The Morgan fingerprint density at radius 3 is 3.04 bits per heavy atom. The van der Waals surface area contributed by atoms with Gasteiger partial charge < -0.3 is 14.8 Å². The number of aromatic amines is 1. The van der Waals surface area contributed by atoms with Gasteiger partial charge in [0.15, 0.2) is 0 Å². The van der Waals surface area contributed by atoms with Crippen LogP contribution in [0.25, 0.3) is 0 Å². The van der Waals surface area contributed by atoms with E-state index in [1.165, 1.54) is 11.3 Å². The molecule has 0 bridgehead atoms. The van der Waals surface area contributed by atoms with E-state index in [9.17, 15) is 4.79 Å². The predicted molar refractivity (Wildman–Crippen MR) is 98.9 cm³/mol. The number of rotatable bonds is 4. The summed E-state index contributed by atoms with van der Waals surface area (Å²) in [7, 11) is 0. The zero-order chi connectivity index (χ0) is 17.2. The van der Waals surface area contributed by atoms with Gasteiger partial charge >= 0.3 is 0 Å². The van der Waals surface area contributed by atoms with E-state index in [4.69, 9.17) is 0 Å². The van der Waals surface area contributed by atoms with Crippen molar-refractivity contribution in [2.45, 2.75) is 38.5 Å². The third-order valence-electron chi connectivity index (χ3n) is 5.46. The van der Waals surface area contributed by atoms with Gasteiger partial charge in [0.2, 0.25) is 5.91 Å². The number of likely N-dealkylation sites (tertiary alicyclic amines) is 1. The normalized spacial score (nSPS) is 20.0. The van der Waals surface area contributed by atoms with Gasteiger partial charge in [0.25, 0.3) is 0 Å². The summed E-state index contributed by atoms with van der Waals surface area (Å²) in [5.41, 5.74) is 3.80. The molecule has 1 saturated heterocycles. The summed E-state index contributed by atoms with van der Waals surface area (Å²) in [6.07, 6.45) is 5.73. The number of hydrogen-bond donors (Lipinski definition) is 1. The molecule has 0 spiro atoms. The first-order valence-corrected chi connectivity index (χ1v) is 9.33. The van der Waals surface area contributed by atoms with Crippen LogP contribution in [0.5, 0.6) is 0 Å². The Morgan fingerprint density at radius 2 is 2.20 bits per heavy atom. The number of imidazole rings is 1. The van der Waals surface area contributed by atoms with E-state index in [2.05, 4.69) is 39.1 Å². The van der Waals surface area contributed by atoms with Gasteiger partial charge in [-0.2, -0.15) is 0 Å². The van der Waals surface area contributed by atoms with Crippen LogP contribution in [0.15, 0.2) is 30.5 Å². The summed E-state index contributed by atoms with van der Waals surface area (Å²) in [5, 5.41) is 0. The lowest BCUT2D eigenvalue weighted by Crippen LogP contribution is -2.40. The summed E-state index contributed by atoms with van der Waals surface area (Å²) in [6, 6.07) is 8.54. The molecular weight excluding hydrogens is 312 g/mol. The Hall–Kier alpha value is -2.30. The van der Waals surface area contributed by atoms with Gasteiger partial charge in [-0.05, 0) is 37.8 Å². The first-order chi connectivity index (χ1) is 12.2. The highest BCUT2D eigenvalue weighted by Gasteiger charge is 2.27. The van der Waals surface area contributed by atoms with Crippen molar-refractivity contribution in [1.29, 1.82) is 0 Å².